The highest BCUT2D eigenvalue weighted by Crippen LogP contribution is 2.34. The van der Waals surface area contributed by atoms with Gasteiger partial charge in [-0.05, 0) is 38.0 Å². The van der Waals surface area contributed by atoms with E-state index in [2.05, 4.69) is 5.32 Å². The average Bonchev–Trinajstić information content (AvgIpc) is 2.71. The second kappa shape index (κ2) is 6.32. The molecule has 7 nitrogen and oxygen atoms in total. The van der Waals surface area contributed by atoms with Gasteiger partial charge in [0, 0.05) is 6.54 Å². The molecule has 3 N–H and O–H groups in total. The highest BCUT2D eigenvalue weighted by atomic mass is 16.5. The number of carbonyl (C=O) groups excluding carboxylic acids is 2. The van der Waals surface area contributed by atoms with Crippen LogP contribution in [0.15, 0.2) is 18.2 Å². The van der Waals surface area contributed by atoms with Crippen molar-refractivity contribution >= 4 is 11.8 Å². The van der Waals surface area contributed by atoms with Gasteiger partial charge in [-0.1, -0.05) is 0 Å². The number of methoxy groups -OCH3 is 1. The molecule has 2 heterocycles. The number of rotatable bonds is 2. The Morgan fingerprint density at radius 1 is 1.50 bits per heavy atom. The minimum atomic E-state index is -0.627. The Bertz CT molecular complexity index is 661. The molecule has 0 bridgehead atoms. The van der Waals surface area contributed by atoms with E-state index in [-0.39, 0.29) is 11.8 Å². The highest BCUT2D eigenvalue weighted by Gasteiger charge is 2.42. The van der Waals surface area contributed by atoms with E-state index in [4.69, 9.17) is 15.2 Å². The third-order valence-electron chi connectivity index (χ3n) is 4.57. The number of piperidine rings is 1. The zero-order chi connectivity index (χ0) is 17.3. The topological polar surface area (TPSA) is 93.9 Å². The summed E-state index contributed by atoms with van der Waals surface area (Å²) in [6.07, 6.45) is 1.57. The molecular weight excluding hydrogens is 310 g/mol. The first-order valence-corrected chi connectivity index (χ1v) is 8.14. The van der Waals surface area contributed by atoms with E-state index < -0.39 is 11.6 Å². The number of likely N-dealkylation sites (tertiary alicyclic amines) is 1. The molecule has 1 spiro atoms. The quantitative estimate of drug-likeness (QED) is 0.823. The van der Waals surface area contributed by atoms with E-state index in [0.717, 1.165) is 12.8 Å². The summed E-state index contributed by atoms with van der Waals surface area (Å²) in [6, 6.07) is 4.63. The summed E-state index contributed by atoms with van der Waals surface area (Å²) in [7, 11) is 1.55. The summed E-state index contributed by atoms with van der Waals surface area (Å²) in [5.41, 5.74) is 5.55. The van der Waals surface area contributed by atoms with Gasteiger partial charge in [-0.25, -0.2) is 0 Å². The predicted octanol–water partition coefficient (Wildman–Crippen LogP) is 0.526. The Morgan fingerprint density at radius 3 is 3.00 bits per heavy atom. The van der Waals surface area contributed by atoms with Crippen molar-refractivity contribution in [2.75, 3.05) is 26.7 Å². The SMILES string of the molecule is COc1ccc2c(c1)C(=O)NC[C@@]1(CCCN(C(=O)[C@@H](C)N)C1)O2. The second-order valence-electron chi connectivity index (χ2n) is 6.48. The number of carbonyl (C=O) groups is 2. The van der Waals surface area contributed by atoms with Crippen molar-refractivity contribution in [3.05, 3.63) is 23.8 Å². The maximum Gasteiger partial charge on any atom is 0.255 e. The molecule has 0 unspecified atom stereocenters. The van der Waals surface area contributed by atoms with Gasteiger partial charge in [0.15, 0.2) is 0 Å². The molecule has 24 heavy (non-hydrogen) atoms. The fraction of sp³-hybridized carbons (Fsp3) is 0.529. The lowest BCUT2D eigenvalue weighted by Crippen LogP contribution is -2.59. The number of nitrogens with two attached hydrogens (primary N) is 1. The molecule has 1 aromatic rings. The van der Waals surface area contributed by atoms with Gasteiger partial charge in [-0.2, -0.15) is 0 Å². The van der Waals surface area contributed by atoms with Gasteiger partial charge in [-0.15, -0.1) is 0 Å². The lowest BCUT2D eigenvalue weighted by molar-refractivity contribution is -0.137. The minimum absolute atomic E-state index is 0.0943. The fourth-order valence-corrected chi connectivity index (χ4v) is 3.31. The summed E-state index contributed by atoms with van der Waals surface area (Å²) < 4.78 is 11.4. The molecule has 3 rings (SSSR count). The minimum Gasteiger partial charge on any atom is -0.497 e. The lowest BCUT2D eigenvalue weighted by atomic mass is 9.92. The van der Waals surface area contributed by atoms with Gasteiger partial charge < -0.3 is 25.4 Å². The van der Waals surface area contributed by atoms with Crippen LogP contribution < -0.4 is 20.5 Å². The van der Waals surface area contributed by atoms with Gasteiger partial charge in [0.2, 0.25) is 5.91 Å². The van der Waals surface area contributed by atoms with E-state index >= 15 is 0 Å². The number of benzene rings is 1. The number of ether oxygens (including phenoxy) is 2. The standard InChI is InChI=1S/C17H23N3O4/c1-11(18)16(22)20-7-3-6-17(10-20)9-19-15(21)13-8-12(23-2)4-5-14(13)24-17/h4-5,8,11H,3,6-7,9-10,18H2,1-2H3,(H,19,21)/t11-,17-/m1/s1. The Kier molecular flexibility index (Phi) is 4.36. The summed E-state index contributed by atoms with van der Waals surface area (Å²) in [5, 5.41) is 2.91. The second-order valence-corrected chi connectivity index (χ2v) is 6.48. The van der Waals surface area contributed by atoms with Crippen LogP contribution in [0.4, 0.5) is 0 Å². The summed E-state index contributed by atoms with van der Waals surface area (Å²) in [6.45, 7) is 3.11. The van der Waals surface area contributed by atoms with E-state index in [1.54, 1.807) is 37.1 Å². The van der Waals surface area contributed by atoms with Crippen molar-refractivity contribution in [2.24, 2.45) is 5.73 Å². The molecule has 0 aliphatic carbocycles. The number of hydrogen-bond acceptors (Lipinski definition) is 5. The smallest absolute Gasteiger partial charge is 0.255 e. The molecule has 0 radical (unpaired) electrons. The zero-order valence-corrected chi connectivity index (χ0v) is 14.0. The van der Waals surface area contributed by atoms with Crippen molar-refractivity contribution < 1.29 is 19.1 Å². The predicted molar refractivity (Wildman–Crippen MR) is 88.1 cm³/mol. The van der Waals surface area contributed by atoms with Crippen molar-refractivity contribution in [1.29, 1.82) is 0 Å². The summed E-state index contributed by atoms with van der Waals surface area (Å²) in [4.78, 5) is 26.4. The number of amides is 2. The van der Waals surface area contributed by atoms with E-state index in [1.165, 1.54) is 0 Å². The molecular formula is C17H23N3O4. The molecule has 0 aromatic heterocycles. The molecule has 1 aromatic carbocycles. The van der Waals surface area contributed by atoms with Gasteiger partial charge in [0.05, 0.1) is 31.8 Å². The first kappa shape index (κ1) is 16.6. The van der Waals surface area contributed by atoms with Crippen LogP contribution in [0.25, 0.3) is 0 Å². The number of fused-ring (bicyclic) bond motifs is 1. The van der Waals surface area contributed by atoms with E-state index in [9.17, 15) is 9.59 Å². The average molecular weight is 333 g/mol. The molecule has 1 fully saturated rings. The van der Waals surface area contributed by atoms with Gasteiger partial charge in [-0.3, -0.25) is 9.59 Å². The van der Waals surface area contributed by atoms with E-state index in [1.807, 2.05) is 0 Å². The van der Waals surface area contributed by atoms with Crippen molar-refractivity contribution in [3.63, 3.8) is 0 Å². The van der Waals surface area contributed by atoms with Gasteiger partial charge >= 0.3 is 0 Å². The first-order valence-electron chi connectivity index (χ1n) is 8.14. The molecule has 7 heteroatoms. The number of hydrogen-bond donors (Lipinski definition) is 2. The maximum atomic E-state index is 12.4. The van der Waals surface area contributed by atoms with Crippen LogP contribution in [0.1, 0.15) is 30.1 Å². The molecule has 2 aliphatic heterocycles. The van der Waals surface area contributed by atoms with Crippen LogP contribution in [-0.4, -0.2) is 55.1 Å². The summed E-state index contributed by atoms with van der Waals surface area (Å²) in [5.74, 6) is 0.821. The van der Waals surface area contributed by atoms with Crippen LogP contribution in [0.5, 0.6) is 11.5 Å². The Balaban J connectivity index is 1.89. The van der Waals surface area contributed by atoms with Crippen LogP contribution in [0.2, 0.25) is 0 Å². The zero-order valence-electron chi connectivity index (χ0n) is 14.0. The fourth-order valence-electron chi connectivity index (χ4n) is 3.31. The van der Waals surface area contributed by atoms with Crippen LogP contribution >= 0.6 is 0 Å². The highest BCUT2D eigenvalue weighted by molar-refractivity contribution is 5.97. The normalized spacial score (nSPS) is 24.5. The van der Waals surface area contributed by atoms with Crippen molar-refractivity contribution in [2.45, 2.75) is 31.4 Å². The lowest BCUT2D eigenvalue weighted by Gasteiger charge is -2.42. The Labute approximate surface area is 141 Å². The Morgan fingerprint density at radius 2 is 2.29 bits per heavy atom. The molecule has 2 atom stereocenters. The third kappa shape index (κ3) is 3.03. The van der Waals surface area contributed by atoms with Crippen LogP contribution in [0.3, 0.4) is 0 Å². The van der Waals surface area contributed by atoms with Crippen molar-refractivity contribution in [3.8, 4) is 11.5 Å². The van der Waals surface area contributed by atoms with Crippen LogP contribution in [-0.2, 0) is 4.79 Å². The monoisotopic (exact) mass is 333 g/mol. The molecule has 1 saturated heterocycles. The van der Waals surface area contributed by atoms with E-state index in [0.29, 0.717) is 36.7 Å². The van der Waals surface area contributed by atoms with Gasteiger partial charge in [0.1, 0.15) is 17.1 Å². The molecule has 130 valence electrons. The number of nitrogens with one attached hydrogen (secondary N) is 1. The summed E-state index contributed by atoms with van der Waals surface area (Å²) >= 11 is 0. The largest absolute Gasteiger partial charge is 0.497 e. The van der Waals surface area contributed by atoms with Crippen LogP contribution in [0, 0.1) is 0 Å². The molecule has 0 saturated carbocycles. The number of nitrogens with zero attached hydrogens (tertiary/aromatic N) is 1. The third-order valence-corrected chi connectivity index (χ3v) is 4.57. The molecule has 2 aliphatic rings. The first-order chi connectivity index (χ1) is 11.4. The van der Waals surface area contributed by atoms with Crippen molar-refractivity contribution in [1.82, 2.24) is 10.2 Å². The van der Waals surface area contributed by atoms with Gasteiger partial charge in [0.25, 0.3) is 5.91 Å². The molecule has 2 amide bonds. The maximum absolute atomic E-state index is 12.4. The Hall–Kier alpha value is -2.28.